The molecule has 10 heavy (non-hydrogen) atoms. The first-order chi connectivity index (χ1) is 4.61. The molecule has 0 amide bonds. The Morgan fingerprint density at radius 2 is 2.10 bits per heavy atom. The van der Waals surface area contributed by atoms with Crippen LogP contribution in [-0.2, 0) is 0 Å². The van der Waals surface area contributed by atoms with E-state index in [9.17, 15) is 4.79 Å². The van der Waals surface area contributed by atoms with Crippen LogP contribution in [-0.4, -0.2) is 4.98 Å². The van der Waals surface area contributed by atoms with Crippen LogP contribution in [0.4, 0.5) is 5.82 Å². The van der Waals surface area contributed by atoms with Crippen LogP contribution in [0.15, 0.2) is 10.9 Å². The highest BCUT2D eigenvalue weighted by atomic mass is 16.1. The molecule has 0 bridgehead atoms. The van der Waals surface area contributed by atoms with Crippen molar-refractivity contribution in [2.24, 2.45) is 0 Å². The van der Waals surface area contributed by atoms with Gasteiger partial charge in [0.25, 0.3) is 0 Å². The molecule has 0 aliphatic heterocycles. The van der Waals surface area contributed by atoms with E-state index in [1.54, 1.807) is 0 Å². The van der Waals surface area contributed by atoms with Crippen LogP contribution >= 0.6 is 0 Å². The fourth-order valence-electron chi connectivity index (χ4n) is 0.780. The van der Waals surface area contributed by atoms with E-state index in [-0.39, 0.29) is 5.56 Å². The predicted octanol–water partition coefficient (Wildman–Crippen LogP) is 0.574. The van der Waals surface area contributed by atoms with Gasteiger partial charge in [-0.05, 0) is 25.0 Å². The van der Waals surface area contributed by atoms with E-state index in [4.69, 9.17) is 5.73 Å². The SMILES string of the molecule is Cc1cc(=O)[nH]c(N)c1C. The van der Waals surface area contributed by atoms with Crippen molar-refractivity contribution >= 4 is 5.82 Å². The average molecular weight is 138 g/mol. The number of nitrogens with two attached hydrogens (primary N) is 1. The molecule has 0 aliphatic rings. The van der Waals surface area contributed by atoms with Crippen LogP contribution in [0.1, 0.15) is 11.1 Å². The lowest BCUT2D eigenvalue weighted by atomic mass is 10.2. The third kappa shape index (κ3) is 1.03. The summed E-state index contributed by atoms with van der Waals surface area (Å²) in [6.07, 6.45) is 0. The molecule has 1 aromatic heterocycles. The first-order valence-corrected chi connectivity index (χ1v) is 3.07. The first kappa shape index (κ1) is 6.86. The van der Waals surface area contributed by atoms with Gasteiger partial charge >= 0.3 is 0 Å². The number of hydrogen-bond acceptors (Lipinski definition) is 2. The summed E-state index contributed by atoms with van der Waals surface area (Å²) in [5, 5.41) is 0. The standard InChI is InChI=1S/C7H10N2O/c1-4-3-6(10)9-7(8)5(4)2/h3H,1-2H3,(H3,8,9,10). The smallest absolute Gasteiger partial charge is 0.249 e. The number of aryl methyl sites for hydroxylation is 1. The molecule has 0 saturated carbocycles. The molecule has 0 radical (unpaired) electrons. The van der Waals surface area contributed by atoms with Gasteiger partial charge in [0, 0.05) is 6.07 Å². The fraction of sp³-hybridized carbons (Fsp3) is 0.286. The van der Waals surface area contributed by atoms with E-state index in [2.05, 4.69) is 4.98 Å². The molecule has 0 atom stereocenters. The second kappa shape index (κ2) is 2.17. The van der Waals surface area contributed by atoms with Crippen molar-refractivity contribution in [3.05, 3.63) is 27.5 Å². The Morgan fingerprint density at radius 3 is 2.60 bits per heavy atom. The maximum atomic E-state index is 10.7. The molecule has 1 heterocycles. The summed E-state index contributed by atoms with van der Waals surface area (Å²) in [6, 6.07) is 1.53. The minimum Gasteiger partial charge on any atom is -0.385 e. The summed E-state index contributed by atoms with van der Waals surface area (Å²) >= 11 is 0. The third-order valence-corrected chi connectivity index (χ3v) is 1.60. The van der Waals surface area contributed by atoms with E-state index in [0.29, 0.717) is 5.82 Å². The van der Waals surface area contributed by atoms with E-state index in [1.807, 2.05) is 13.8 Å². The monoisotopic (exact) mass is 138 g/mol. The summed E-state index contributed by atoms with van der Waals surface area (Å²) < 4.78 is 0. The largest absolute Gasteiger partial charge is 0.385 e. The normalized spacial score (nSPS) is 9.80. The van der Waals surface area contributed by atoms with Gasteiger partial charge < -0.3 is 10.7 Å². The van der Waals surface area contributed by atoms with Gasteiger partial charge in [-0.2, -0.15) is 0 Å². The highest BCUT2D eigenvalue weighted by molar-refractivity contribution is 5.42. The number of nitrogen functional groups attached to an aromatic ring is 1. The Kier molecular flexibility index (Phi) is 1.49. The molecule has 0 saturated heterocycles. The zero-order valence-electron chi connectivity index (χ0n) is 6.06. The van der Waals surface area contributed by atoms with Gasteiger partial charge in [0.15, 0.2) is 0 Å². The summed E-state index contributed by atoms with van der Waals surface area (Å²) in [5.41, 5.74) is 7.20. The highest BCUT2D eigenvalue weighted by Crippen LogP contribution is 2.07. The Bertz CT molecular complexity index is 275. The van der Waals surface area contributed by atoms with Crippen molar-refractivity contribution < 1.29 is 0 Å². The van der Waals surface area contributed by atoms with Crippen LogP contribution in [0, 0.1) is 13.8 Å². The molecule has 1 aromatic rings. The van der Waals surface area contributed by atoms with Crippen molar-refractivity contribution in [3.8, 4) is 0 Å². The summed E-state index contributed by atoms with van der Waals surface area (Å²) in [6.45, 7) is 3.74. The van der Waals surface area contributed by atoms with Gasteiger partial charge in [-0.15, -0.1) is 0 Å². The molecule has 3 heteroatoms. The first-order valence-electron chi connectivity index (χ1n) is 3.07. The Balaban J connectivity index is 3.46. The molecule has 54 valence electrons. The summed E-state index contributed by atoms with van der Waals surface area (Å²) in [5.74, 6) is 0.463. The van der Waals surface area contributed by atoms with Crippen LogP contribution in [0.25, 0.3) is 0 Å². The molecule has 3 nitrogen and oxygen atoms in total. The molecule has 0 spiro atoms. The lowest BCUT2D eigenvalue weighted by molar-refractivity contribution is 1.17. The lowest BCUT2D eigenvalue weighted by Gasteiger charge is -2.00. The predicted molar refractivity (Wildman–Crippen MR) is 40.9 cm³/mol. The van der Waals surface area contributed by atoms with Crippen LogP contribution in [0.2, 0.25) is 0 Å². The molecule has 3 N–H and O–H groups in total. The van der Waals surface area contributed by atoms with Crippen LogP contribution in [0.5, 0.6) is 0 Å². The number of nitrogens with one attached hydrogen (secondary N) is 1. The van der Waals surface area contributed by atoms with Crippen molar-refractivity contribution in [2.45, 2.75) is 13.8 Å². The second-order valence-electron chi connectivity index (χ2n) is 2.36. The van der Waals surface area contributed by atoms with Gasteiger partial charge in [-0.3, -0.25) is 4.79 Å². The topological polar surface area (TPSA) is 58.9 Å². The fourth-order valence-corrected chi connectivity index (χ4v) is 0.780. The van der Waals surface area contributed by atoms with Crippen molar-refractivity contribution in [3.63, 3.8) is 0 Å². The van der Waals surface area contributed by atoms with Gasteiger partial charge in [-0.1, -0.05) is 0 Å². The molecular weight excluding hydrogens is 128 g/mol. The number of hydrogen-bond donors (Lipinski definition) is 2. The molecule has 0 aliphatic carbocycles. The summed E-state index contributed by atoms with van der Waals surface area (Å²) in [4.78, 5) is 13.2. The molecule has 0 unspecified atom stereocenters. The number of H-pyrrole nitrogens is 1. The molecule has 0 fully saturated rings. The number of rotatable bonds is 0. The minimum absolute atomic E-state index is 0.138. The molecular formula is C7H10N2O. The van der Waals surface area contributed by atoms with Crippen LogP contribution in [0.3, 0.4) is 0 Å². The van der Waals surface area contributed by atoms with Crippen molar-refractivity contribution in [1.29, 1.82) is 0 Å². The van der Waals surface area contributed by atoms with Crippen molar-refractivity contribution in [2.75, 3.05) is 5.73 Å². The quantitative estimate of drug-likeness (QED) is 0.550. The Hall–Kier alpha value is -1.25. The highest BCUT2D eigenvalue weighted by Gasteiger charge is 1.97. The van der Waals surface area contributed by atoms with Gasteiger partial charge in [0.2, 0.25) is 5.56 Å². The van der Waals surface area contributed by atoms with E-state index >= 15 is 0 Å². The van der Waals surface area contributed by atoms with Gasteiger partial charge in [0.1, 0.15) is 5.82 Å². The maximum Gasteiger partial charge on any atom is 0.249 e. The van der Waals surface area contributed by atoms with Crippen LogP contribution < -0.4 is 11.3 Å². The Labute approximate surface area is 58.9 Å². The number of aromatic amines is 1. The van der Waals surface area contributed by atoms with E-state index in [0.717, 1.165) is 11.1 Å². The number of aromatic nitrogens is 1. The van der Waals surface area contributed by atoms with E-state index < -0.39 is 0 Å². The second-order valence-corrected chi connectivity index (χ2v) is 2.36. The van der Waals surface area contributed by atoms with Crippen molar-refractivity contribution in [1.82, 2.24) is 4.98 Å². The maximum absolute atomic E-state index is 10.7. The van der Waals surface area contributed by atoms with Gasteiger partial charge in [-0.25, -0.2) is 0 Å². The summed E-state index contributed by atoms with van der Waals surface area (Å²) in [7, 11) is 0. The Morgan fingerprint density at radius 1 is 1.50 bits per heavy atom. The zero-order chi connectivity index (χ0) is 7.72. The molecule has 0 aromatic carbocycles. The van der Waals surface area contributed by atoms with Gasteiger partial charge in [0.05, 0.1) is 0 Å². The number of pyridine rings is 1. The lowest BCUT2D eigenvalue weighted by Crippen LogP contribution is -2.09. The third-order valence-electron chi connectivity index (χ3n) is 1.60. The number of anilines is 1. The molecule has 1 rings (SSSR count). The van der Waals surface area contributed by atoms with E-state index in [1.165, 1.54) is 6.07 Å². The average Bonchev–Trinajstić information content (AvgIpc) is 1.82. The zero-order valence-corrected chi connectivity index (χ0v) is 6.06. The minimum atomic E-state index is -0.138.